The third-order valence-corrected chi connectivity index (χ3v) is 8.16. The molecule has 188 valence electrons. The monoisotopic (exact) mass is 498 g/mol. The van der Waals surface area contributed by atoms with E-state index in [2.05, 4.69) is 45.1 Å². The van der Waals surface area contributed by atoms with Gasteiger partial charge in [-0.05, 0) is 30.5 Å². The Kier molecular flexibility index (Phi) is 7.88. The van der Waals surface area contributed by atoms with Gasteiger partial charge in [-0.3, -0.25) is 19.4 Å². The van der Waals surface area contributed by atoms with Gasteiger partial charge in [0.25, 0.3) is 10.0 Å². The average Bonchev–Trinajstić information content (AvgIpc) is 3.12. The van der Waals surface area contributed by atoms with E-state index in [0.717, 1.165) is 25.1 Å². The largest absolute Gasteiger partial charge is 0.379 e. The van der Waals surface area contributed by atoms with Crippen molar-refractivity contribution < 1.29 is 17.9 Å². The first-order valence-electron chi connectivity index (χ1n) is 12.2. The summed E-state index contributed by atoms with van der Waals surface area (Å²) in [6.45, 7) is 9.38. The number of hydrogen-bond donors (Lipinski definition) is 2. The highest BCUT2D eigenvalue weighted by Crippen LogP contribution is 2.25. The molecule has 2 N–H and O–H groups in total. The minimum Gasteiger partial charge on any atom is -0.379 e. The number of nitrogens with zero attached hydrogens (tertiary/aromatic N) is 2. The molecule has 0 spiro atoms. The van der Waals surface area contributed by atoms with Crippen LogP contribution in [-0.4, -0.2) is 64.0 Å². The van der Waals surface area contributed by atoms with E-state index in [4.69, 9.17) is 4.74 Å². The molecule has 2 aliphatic rings. The fourth-order valence-corrected chi connectivity index (χ4v) is 5.80. The Hall–Kier alpha value is -2.75. The van der Waals surface area contributed by atoms with Crippen molar-refractivity contribution in [3.05, 3.63) is 65.2 Å². The minimum absolute atomic E-state index is 0.0127. The van der Waals surface area contributed by atoms with E-state index in [0.29, 0.717) is 25.3 Å². The quantitative estimate of drug-likeness (QED) is 0.583. The lowest BCUT2D eigenvalue weighted by molar-refractivity contribution is -0.123. The van der Waals surface area contributed by atoms with Gasteiger partial charge in [-0.1, -0.05) is 62.2 Å². The average molecular weight is 499 g/mol. The van der Waals surface area contributed by atoms with Gasteiger partial charge in [-0.25, -0.2) is 8.42 Å². The Balaban J connectivity index is 1.57. The number of nitrogens with one attached hydrogen (secondary N) is 2. The predicted molar refractivity (Wildman–Crippen MR) is 136 cm³/mol. The number of carbonyl (C=O) groups is 1. The number of ether oxygens (including phenoxy) is 1. The molecule has 0 bridgehead atoms. The number of benzene rings is 2. The molecule has 0 radical (unpaired) electrons. The first-order valence-corrected chi connectivity index (χ1v) is 13.6. The van der Waals surface area contributed by atoms with Crippen molar-refractivity contribution in [3.63, 3.8) is 0 Å². The number of carbonyl (C=O) groups excluding carboxylic acids is 1. The summed E-state index contributed by atoms with van der Waals surface area (Å²) < 4.78 is 33.1. The maximum absolute atomic E-state index is 13.5. The Bertz CT molecular complexity index is 1190. The fourth-order valence-electron chi connectivity index (χ4n) is 4.56. The van der Waals surface area contributed by atoms with Crippen molar-refractivity contribution >= 4 is 21.8 Å². The van der Waals surface area contributed by atoms with E-state index >= 15 is 0 Å². The van der Waals surface area contributed by atoms with Crippen LogP contribution >= 0.6 is 0 Å². The van der Waals surface area contributed by atoms with Crippen molar-refractivity contribution in [2.45, 2.75) is 44.2 Å². The van der Waals surface area contributed by atoms with Crippen LogP contribution in [0.2, 0.25) is 0 Å². The van der Waals surface area contributed by atoms with Gasteiger partial charge in [-0.2, -0.15) is 0 Å². The molecule has 0 aliphatic carbocycles. The van der Waals surface area contributed by atoms with Gasteiger partial charge in [0, 0.05) is 25.2 Å². The van der Waals surface area contributed by atoms with Gasteiger partial charge >= 0.3 is 0 Å². The lowest BCUT2D eigenvalue weighted by Crippen LogP contribution is -2.46. The maximum Gasteiger partial charge on any atom is 0.263 e. The highest BCUT2D eigenvalue weighted by molar-refractivity contribution is 7.90. The smallest absolute Gasteiger partial charge is 0.263 e. The predicted octanol–water partition coefficient (Wildman–Crippen LogP) is 2.64. The maximum atomic E-state index is 13.5. The van der Waals surface area contributed by atoms with Crippen LogP contribution in [0, 0.1) is 12.8 Å². The molecule has 2 aliphatic heterocycles. The standard InChI is InChI=1S/C26H34N4O4S/c1-4-19(3)24(28-25-21-10-5-6-11-23(21)35(32,33)29-25)26(31)27-17-22(30-12-14-34-15-13-30)20-9-7-8-18(2)16-20/h5-11,16,19,22,24H,4,12-15,17H2,1-3H3,(H,27,31)(H,28,29)/t19-,22?,24-/m0/s1. The minimum atomic E-state index is -3.67. The number of fused-ring (bicyclic) bond motifs is 1. The Morgan fingerprint density at radius 3 is 2.63 bits per heavy atom. The zero-order valence-corrected chi connectivity index (χ0v) is 21.3. The molecule has 1 amide bonds. The van der Waals surface area contributed by atoms with Gasteiger partial charge in [0.05, 0.1) is 24.2 Å². The third-order valence-electron chi connectivity index (χ3n) is 6.77. The van der Waals surface area contributed by atoms with Crippen LogP contribution < -0.4 is 10.0 Å². The van der Waals surface area contributed by atoms with Crippen LogP contribution in [0.3, 0.4) is 0 Å². The van der Waals surface area contributed by atoms with Crippen molar-refractivity contribution in [1.82, 2.24) is 14.9 Å². The molecular weight excluding hydrogens is 464 g/mol. The zero-order chi connectivity index (χ0) is 25.0. The number of amides is 1. The van der Waals surface area contributed by atoms with Crippen LogP contribution in [0.1, 0.15) is 43.0 Å². The van der Waals surface area contributed by atoms with Crippen LogP contribution in [-0.2, 0) is 19.6 Å². The van der Waals surface area contributed by atoms with Gasteiger partial charge in [0.2, 0.25) is 5.91 Å². The molecule has 3 atom stereocenters. The molecule has 9 heteroatoms. The number of sulfonamides is 1. The van der Waals surface area contributed by atoms with Crippen molar-refractivity contribution in [2.75, 3.05) is 32.8 Å². The summed E-state index contributed by atoms with van der Waals surface area (Å²) in [5.41, 5.74) is 2.82. The molecule has 2 aromatic rings. The lowest BCUT2D eigenvalue weighted by atomic mass is 9.98. The van der Waals surface area contributed by atoms with Crippen LogP contribution in [0.15, 0.2) is 58.4 Å². The first-order chi connectivity index (χ1) is 16.8. The number of aliphatic imine (C=N–C) groups is 1. The van der Waals surface area contributed by atoms with E-state index in [1.807, 2.05) is 19.9 Å². The molecule has 0 saturated carbocycles. The van der Waals surface area contributed by atoms with Crippen LogP contribution in [0.5, 0.6) is 0 Å². The first kappa shape index (κ1) is 25.3. The molecule has 1 fully saturated rings. The van der Waals surface area contributed by atoms with Gasteiger partial charge < -0.3 is 10.1 Å². The molecule has 2 aromatic carbocycles. The number of rotatable bonds is 8. The summed E-state index contributed by atoms with van der Waals surface area (Å²) in [4.78, 5) is 20.6. The highest BCUT2D eigenvalue weighted by Gasteiger charge is 2.33. The van der Waals surface area contributed by atoms with Gasteiger partial charge in [0.1, 0.15) is 11.9 Å². The number of morpholine rings is 1. The van der Waals surface area contributed by atoms with Crippen LogP contribution in [0.4, 0.5) is 0 Å². The summed E-state index contributed by atoms with van der Waals surface area (Å²) in [6.07, 6.45) is 0.730. The topological polar surface area (TPSA) is 100 Å². The van der Waals surface area contributed by atoms with E-state index in [1.54, 1.807) is 24.3 Å². The van der Waals surface area contributed by atoms with Crippen LogP contribution in [0.25, 0.3) is 0 Å². The molecule has 1 saturated heterocycles. The summed E-state index contributed by atoms with van der Waals surface area (Å²) in [6, 6.07) is 14.4. The lowest BCUT2D eigenvalue weighted by Gasteiger charge is -2.35. The van der Waals surface area contributed by atoms with E-state index in [9.17, 15) is 13.2 Å². The van der Waals surface area contributed by atoms with E-state index in [-0.39, 0.29) is 28.6 Å². The fraction of sp³-hybridized carbons (Fsp3) is 0.462. The van der Waals surface area contributed by atoms with Crippen molar-refractivity contribution in [1.29, 1.82) is 0 Å². The molecular formula is C26H34N4O4S. The molecule has 35 heavy (non-hydrogen) atoms. The molecule has 8 nitrogen and oxygen atoms in total. The molecule has 1 unspecified atom stereocenters. The zero-order valence-electron chi connectivity index (χ0n) is 20.5. The Morgan fingerprint density at radius 2 is 1.91 bits per heavy atom. The summed E-state index contributed by atoms with van der Waals surface area (Å²) >= 11 is 0. The van der Waals surface area contributed by atoms with E-state index < -0.39 is 16.1 Å². The van der Waals surface area contributed by atoms with Gasteiger partial charge in [0.15, 0.2) is 0 Å². The number of amidine groups is 1. The highest BCUT2D eigenvalue weighted by atomic mass is 32.2. The summed E-state index contributed by atoms with van der Waals surface area (Å²) in [5, 5.41) is 3.13. The van der Waals surface area contributed by atoms with E-state index in [1.165, 1.54) is 5.56 Å². The summed E-state index contributed by atoms with van der Waals surface area (Å²) in [5.74, 6) is -0.0497. The second kappa shape index (κ2) is 10.9. The Morgan fingerprint density at radius 1 is 1.17 bits per heavy atom. The number of hydrogen-bond acceptors (Lipinski definition) is 6. The third kappa shape index (κ3) is 5.74. The normalized spacial score (nSPS) is 21.1. The molecule has 0 aromatic heterocycles. The summed E-state index contributed by atoms with van der Waals surface area (Å²) in [7, 11) is -3.67. The second-order valence-electron chi connectivity index (χ2n) is 9.23. The molecule has 2 heterocycles. The van der Waals surface area contributed by atoms with Crippen molar-refractivity contribution in [2.24, 2.45) is 10.9 Å². The number of aryl methyl sites for hydroxylation is 1. The van der Waals surface area contributed by atoms with Gasteiger partial charge in [-0.15, -0.1) is 0 Å². The molecule has 4 rings (SSSR count). The second-order valence-corrected chi connectivity index (χ2v) is 10.9. The Labute approximate surface area is 207 Å². The SMILES string of the molecule is CC[C@H](C)[C@H](N=C1NS(=O)(=O)c2ccccc21)C(=O)NCC(c1cccc(C)c1)N1CCOCC1. The van der Waals surface area contributed by atoms with Crippen molar-refractivity contribution in [3.8, 4) is 0 Å².